The molecule has 124 valence electrons. The van der Waals surface area contributed by atoms with Crippen LogP contribution in [-0.4, -0.2) is 18.2 Å². The molecule has 0 fully saturated rings. The number of fused-ring (bicyclic) bond motifs is 1. The Hall–Kier alpha value is -2.59. The van der Waals surface area contributed by atoms with E-state index in [2.05, 4.69) is 9.82 Å². The summed E-state index contributed by atoms with van der Waals surface area (Å²) in [5.74, 6) is 0.391. The molecule has 0 radical (unpaired) electrons. The van der Waals surface area contributed by atoms with E-state index in [1.54, 1.807) is 19.1 Å². The van der Waals surface area contributed by atoms with E-state index in [0.717, 1.165) is 11.1 Å². The zero-order valence-corrected chi connectivity index (χ0v) is 14.2. The van der Waals surface area contributed by atoms with Crippen LogP contribution in [-0.2, 0) is 23.0 Å². The minimum Gasteiger partial charge on any atom is -0.264 e. The standard InChI is InChI=1S/C17H18N4O2S/c1-13-11-17(21(19-13)10-4-9-18)20-24(22,23)16-8-7-14-5-2-3-6-15(14)12-16/h2-3,5-6,11-12,20H,4,7-8,10H2,1H3. The molecule has 7 heteroatoms. The van der Waals surface area contributed by atoms with Crippen LogP contribution in [0, 0.1) is 18.3 Å². The van der Waals surface area contributed by atoms with Gasteiger partial charge in [-0.1, -0.05) is 24.3 Å². The first-order valence-electron chi connectivity index (χ1n) is 7.72. The highest BCUT2D eigenvalue weighted by Gasteiger charge is 2.23. The van der Waals surface area contributed by atoms with Gasteiger partial charge in [-0.2, -0.15) is 10.4 Å². The molecule has 6 nitrogen and oxygen atoms in total. The molecular weight excluding hydrogens is 324 g/mol. The first kappa shape index (κ1) is 16.3. The van der Waals surface area contributed by atoms with E-state index in [-0.39, 0.29) is 6.42 Å². The van der Waals surface area contributed by atoms with Gasteiger partial charge in [0.2, 0.25) is 0 Å². The van der Waals surface area contributed by atoms with Crippen molar-refractivity contribution in [2.45, 2.75) is 32.7 Å². The van der Waals surface area contributed by atoms with Crippen LogP contribution in [0.2, 0.25) is 0 Å². The van der Waals surface area contributed by atoms with E-state index in [1.807, 2.05) is 30.3 Å². The van der Waals surface area contributed by atoms with Crippen LogP contribution in [0.25, 0.3) is 6.08 Å². The van der Waals surface area contributed by atoms with E-state index in [9.17, 15) is 8.42 Å². The number of nitrogens with zero attached hydrogens (tertiary/aromatic N) is 3. The summed E-state index contributed by atoms with van der Waals surface area (Å²) in [5, 5.41) is 12.9. The number of nitriles is 1. The van der Waals surface area contributed by atoms with Gasteiger partial charge in [0.05, 0.1) is 29.6 Å². The zero-order valence-electron chi connectivity index (χ0n) is 13.4. The molecule has 2 aromatic rings. The quantitative estimate of drug-likeness (QED) is 0.905. The molecule has 0 atom stereocenters. The average molecular weight is 342 g/mol. The van der Waals surface area contributed by atoms with Gasteiger partial charge in [-0.3, -0.25) is 4.72 Å². The third-order valence-electron chi connectivity index (χ3n) is 3.93. The number of hydrogen-bond donors (Lipinski definition) is 1. The fourth-order valence-corrected chi connectivity index (χ4v) is 4.00. The number of aromatic nitrogens is 2. The van der Waals surface area contributed by atoms with Crippen LogP contribution in [0.15, 0.2) is 35.2 Å². The zero-order chi connectivity index (χ0) is 17.2. The van der Waals surface area contributed by atoms with Crippen molar-refractivity contribution < 1.29 is 8.42 Å². The van der Waals surface area contributed by atoms with E-state index in [0.29, 0.717) is 35.8 Å². The van der Waals surface area contributed by atoms with Gasteiger partial charge >= 0.3 is 0 Å². The molecule has 1 N–H and O–H groups in total. The SMILES string of the molecule is Cc1cc(NS(=O)(=O)C2=Cc3ccccc3CC2)n(CCC#N)n1. The highest BCUT2D eigenvalue weighted by molar-refractivity contribution is 7.96. The van der Waals surface area contributed by atoms with E-state index < -0.39 is 10.0 Å². The van der Waals surface area contributed by atoms with Crippen LogP contribution < -0.4 is 4.72 Å². The lowest BCUT2D eigenvalue weighted by atomic mass is 9.98. The second-order valence-electron chi connectivity index (χ2n) is 5.72. The van der Waals surface area contributed by atoms with Crippen molar-refractivity contribution in [1.29, 1.82) is 5.26 Å². The Morgan fingerprint density at radius 2 is 2.12 bits per heavy atom. The van der Waals surface area contributed by atoms with Gasteiger partial charge in [-0.15, -0.1) is 0 Å². The summed E-state index contributed by atoms with van der Waals surface area (Å²) in [7, 11) is -3.65. The smallest absolute Gasteiger partial charge is 0.259 e. The molecule has 1 aliphatic carbocycles. The van der Waals surface area contributed by atoms with Crippen LogP contribution in [0.5, 0.6) is 0 Å². The first-order valence-corrected chi connectivity index (χ1v) is 9.20. The topological polar surface area (TPSA) is 87.8 Å². The van der Waals surface area contributed by atoms with Gasteiger partial charge in [0.25, 0.3) is 10.0 Å². The van der Waals surface area contributed by atoms with Crippen LogP contribution >= 0.6 is 0 Å². The summed E-state index contributed by atoms with van der Waals surface area (Å²) in [6.45, 7) is 2.14. The maximum atomic E-state index is 12.7. The summed E-state index contributed by atoms with van der Waals surface area (Å²) < 4.78 is 29.6. The van der Waals surface area contributed by atoms with Crippen molar-refractivity contribution >= 4 is 21.9 Å². The molecule has 3 rings (SSSR count). The van der Waals surface area contributed by atoms with Gasteiger partial charge in [0, 0.05) is 6.07 Å². The average Bonchev–Trinajstić information content (AvgIpc) is 2.91. The summed E-state index contributed by atoms with van der Waals surface area (Å²) in [4.78, 5) is 0.367. The summed E-state index contributed by atoms with van der Waals surface area (Å²) in [5.41, 5.74) is 2.80. The number of benzene rings is 1. The number of nitrogens with one attached hydrogen (secondary N) is 1. The lowest BCUT2D eigenvalue weighted by Crippen LogP contribution is -2.19. The Bertz CT molecular complexity index is 936. The van der Waals surface area contributed by atoms with Gasteiger partial charge in [-0.25, -0.2) is 13.1 Å². The maximum absolute atomic E-state index is 12.7. The molecule has 0 aliphatic heterocycles. The Morgan fingerprint density at radius 3 is 2.92 bits per heavy atom. The molecule has 0 saturated heterocycles. The fraction of sp³-hybridized carbons (Fsp3) is 0.294. The Balaban J connectivity index is 1.88. The summed E-state index contributed by atoms with van der Waals surface area (Å²) >= 11 is 0. The van der Waals surface area contributed by atoms with Crippen molar-refractivity contribution in [1.82, 2.24) is 9.78 Å². The molecule has 1 aliphatic rings. The monoisotopic (exact) mass is 342 g/mol. The second-order valence-corrected chi connectivity index (χ2v) is 7.45. The molecule has 0 bridgehead atoms. The second kappa shape index (κ2) is 6.49. The van der Waals surface area contributed by atoms with Crippen molar-refractivity contribution in [3.05, 3.63) is 52.1 Å². The third kappa shape index (κ3) is 3.34. The minimum atomic E-state index is -3.65. The Kier molecular flexibility index (Phi) is 4.40. The summed E-state index contributed by atoms with van der Waals surface area (Å²) in [6, 6.07) is 11.5. The van der Waals surface area contributed by atoms with Gasteiger partial charge in [0.1, 0.15) is 5.82 Å². The molecule has 1 aromatic heterocycles. The summed E-state index contributed by atoms with van der Waals surface area (Å²) in [6.07, 6.45) is 3.17. The van der Waals surface area contributed by atoms with Gasteiger partial charge in [-0.05, 0) is 37.0 Å². The van der Waals surface area contributed by atoms with Crippen LogP contribution in [0.1, 0.15) is 29.7 Å². The number of sulfonamides is 1. The van der Waals surface area contributed by atoms with E-state index >= 15 is 0 Å². The number of allylic oxidation sites excluding steroid dienone is 1. The molecular formula is C17H18N4O2S. The number of hydrogen-bond acceptors (Lipinski definition) is 4. The molecule has 1 aromatic carbocycles. The molecule has 1 heterocycles. The molecule has 0 unspecified atom stereocenters. The molecule has 0 spiro atoms. The van der Waals surface area contributed by atoms with Crippen LogP contribution in [0.4, 0.5) is 5.82 Å². The lowest BCUT2D eigenvalue weighted by Gasteiger charge is -2.17. The van der Waals surface area contributed by atoms with Gasteiger partial charge < -0.3 is 0 Å². The Labute approximate surface area is 141 Å². The van der Waals surface area contributed by atoms with Gasteiger partial charge in [0.15, 0.2) is 0 Å². The number of aryl methyl sites for hydroxylation is 3. The molecule has 0 saturated carbocycles. The van der Waals surface area contributed by atoms with Crippen molar-refractivity contribution in [3.8, 4) is 6.07 Å². The van der Waals surface area contributed by atoms with Crippen molar-refractivity contribution in [2.75, 3.05) is 4.72 Å². The third-order valence-corrected chi connectivity index (χ3v) is 5.42. The minimum absolute atomic E-state index is 0.270. The Morgan fingerprint density at radius 1 is 1.33 bits per heavy atom. The predicted molar refractivity (Wildman–Crippen MR) is 92.5 cm³/mol. The van der Waals surface area contributed by atoms with Crippen LogP contribution in [0.3, 0.4) is 0 Å². The van der Waals surface area contributed by atoms with E-state index in [4.69, 9.17) is 5.26 Å². The normalized spacial score (nSPS) is 13.8. The lowest BCUT2D eigenvalue weighted by molar-refractivity contribution is 0.600. The highest BCUT2D eigenvalue weighted by atomic mass is 32.2. The molecule has 24 heavy (non-hydrogen) atoms. The van der Waals surface area contributed by atoms with E-state index in [1.165, 1.54) is 4.68 Å². The van der Waals surface area contributed by atoms with Crippen molar-refractivity contribution in [3.63, 3.8) is 0 Å². The predicted octanol–water partition coefficient (Wildman–Crippen LogP) is 2.83. The highest BCUT2D eigenvalue weighted by Crippen LogP contribution is 2.28. The first-order chi connectivity index (χ1) is 11.5. The maximum Gasteiger partial charge on any atom is 0.259 e. The number of anilines is 1. The number of rotatable bonds is 5. The van der Waals surface area contributed by atoms with Crippen molar-refractivity contribution in [2.24, 2.45) is 0 Å². The fourth-order valence-electron chi connectivity index (χ4n) is 2.78. The molecule has 0 amide bonds. The largest absolute Gasteiger partial charge is 0.264 e.